The predicted octanol–water partition coefficient (Wildman–Crippen LogP) is 4.64. The Morgan fingerprint density at radius 1 is 0.825 bits per heavy atom. The van der Waals surface area contributed by atoms with Gasteiger partial charge in [0.15, 0.2) is 0 Å². The molecule has 216 valence electrons. The van der Waals surface area contributed by atoms with Gasteiger partial charge in [0.25, 0.3) is 5.91 Å². The van der Waals surface area contributed by atoms with Crippen molar-refractivity contribution in [1.29, 1.82) is 0 Å². The first-order chi connectivity index (χ1) is 18.7. The Morgan fingerprint density at radius 3 is 2.17 bits per heavy atom. The number of rotatable bonds is 14. The highest BCUT2D eigenvalue weighted by molar-refractivity contribution is 6.00. The van der Waals surface area contributed by atoms with Gasteiger partial charge in [-0.3, -0.25) is 14.4 Å². The number of unbranched alkanes of at least 4 members (excludes halogenated alkanes) is 1. The summed E-state index contributed by atoms with van der Waals surface area (Å²) in [6.07, 6.45) is 2.13. The molecule has 7 nitrogen and oxygen atoms in total. The predicted molar refractivity (Wildman–Crippen MR) is 165 cm³/mol. The molecule has 0 spiro atoms. The highest BCUT2D eigenvalue weighted by atomic mass is 35.5. The molecule has 0 aliphatic heterocycles. The topological polar surface area (TPSA) is 99.3 Å². The van der Waals surface area contributed by atoms with E-state index in [9.17, 15) is 14.4 Å². The van der Waals surface area contributed by atoms with Crippen LogP contribution in [-0.4, -0.2) is 48.9 Å². The molecule has 3 aromatic rings. The van der Waals surface area contributed by atoms with Crippen LogP contribution in [0.15, 0.2) is 72.8 Å². The van der Waals surface area contributed by atoms with E-state index in [1.807, 2.05) is 48.5 Å². The molecule has 0 saturated carbocycles. The van der Waals surface area contributed by atoms with E-state index < -0.39 is 17.5 Å². The molecule has 0 aliphatic carbocycles. The maximum absolute atomic E-state index is 13.3. The molecule has 0 aromatic heterocycles. The van der Waals surface area contributed by atoms with Crippen molar-refractivity contribution in [3.63, 3.8) is 0 Å². The summed E-state index contributed by atoms with van der Waals surface area (Å²) < 4.78 is 0. The van der Waals surface area contributed by atoms with Crippen molar-refractivity contribution in [2.75, 3.05) is 19.6 Å². The van der Waals surface area contributed by atoms with Gasteiger partial charge in [-0.2, -0.15) is 0 Å². The molecule has 3 rings (SSSR count). The van der Waals surface area contributed by atoms with Crippen LogP contribution in [0.25, 0.3) is 10.8 Å². The Bertz CT molecular complexity index is 1250. The fourth-order valence-corrected chi connectivity index (χ4v) is 4.25. The van der Waals surface area contributed by atoms with Crippen LogP contribution in [0.2, 0.25) is 0 Å². The number of nitrogens with one attached hydrogen (secondary N) is 4. The minimum atomic E-state index is -1.23. The second-order valence-electron chi connectivity index (χ2n) is 11.0. The van der Waals surface area contributed by atoms with Crippen LogP contribution in [-0.2, 0) is 16.0 Å². The number of carbonyl (C=O) groups is 3. The van der Waals surface area contributed by atoms with Gasteiger partial charge in [0.2, 0.25) is 11.8 Å². The quantitative estimate of drug-likeness (QED) is 0.214. The average Bonchev–Trinajstić information content (AvgIpc) is 2.92. The third-order valence-corrected chi connectivity index (χ3v) is 6.54. The number of halogens is 1. The van der Waals surface area contributed by atoms with Crippen molar-refractivity contribution in [1.82, 2.24) is 21.3 Å². The summed E-state index contributed by atoms with van der Waals surface area (Å²) in [7, 11) is 0. The summed E-state index contributed by atoms with van der Waals surface area (Å²) in [6.45, 7) is 10.0. The van der Waals surface area contributed by atoms with Gasteiger partial charge in [-0.25, -0.2) is 0 Å². The second-order valence-corrected chi connectivity index (χ2v) is 11.0. The van der Waals surface area contributed by atoms with Crippen LogP contribution in [0, 0.1) is 5.92 Å². The number of amides is 3. The zero-order chi connectivity index (χ0) is 28.3. The van der Waals surface area contributed by atoms with Crippen LogP contribution in [0.3, 0.4) is 0 Å². The Hall–Kier alpha value is -3.42. The largest absolute Gasteiger partial charge is 0.354 e. The fraction of sp³-hybridized carbons (Fsp3) is 0.406. The van der Waals surface area contributed by atoms with Crippen LogP contribution in [0.4, 0.5) is 0 Å². The Balaban J connectivity index is 0.00000560. The number of fused-ring (bicyclic) bond motifs is 1. The normalized spacial score (nSPS) is 11.9. The monoisotopic (exact) mass is 566 g/mol. The lowest BCUT2D eigenvalue weighted by atomic mass is 9.98. The summed E-state index contributed by atoms with van der Waals surface area (Å²) in [4.78, 5) is 39.3. The summed E-state index contributed by atoms with van der Waals surface area (Å²) >= 11 is 0. The van der Waals surface area contributed by atoms with E-state index in [-0.39, 0.29) is 24.2 Å². The minimum absolute atomic E-state index is 0. The van der Waals surface area contributed by atoms with Gasteiger partial charge in [-0.15, -0.1) is 12.4 Å². The van der Waals surface area contributed by atoms with E-state index in [1.165, 1.54) is 0 Å². The molecular weight excluding hydrogens is 524 g/mol. The van der Waals surface area contributed by atoms with Crippen LogP contribution < -0.4 is 21.3 Å². The molecule has 4 N–H and O–H groups in total. The number of hydrogen-bond acceptors (Lipinski definition) is 4. The maximum Gasteiger partial charge on any atom is 0.252 e. The molecule has 1 atom stereocenters. The lowest BCUT2D eigenvalue weighted by Crippen LogP contribution is -2.59. The lowest BCUT2D eigenvalue weighted by molar-refractivity contribution is -0.131. The van der Waals surface area contributed by atoms with E-state index >= 15 is 0 Å². The Kier molecular flexibility index (Phi) is 13.1. The van der Waals surface area contributed by atoms with Crippen LogP contribution >= 0.6 is 12.4 Å². The van der Waals surface area contributed by atoms with Gasteiger partial charge < -0.3 is 21.3 Å². The van der Waals surface area contributed by atoms with Crippen molar-refractivity contribution in [2.24, 2.45) is 5.92 Å². The van der Waals surface area contributed by atoms with Crippen molar-refractivity contribution >= 4 is 40.9 Å². The summed E-state index contributed by atoms with van der Waals surface area (Å²) in [6, 6.07) is 22.1. The molecule has 0 bridgehead atoms. The Morgan fingerprint density at radius 2 is 1.48 bits per heavy atom. The molecule has 3 amide bonds. The zero-order valence-electron chi connectivity index (χ0n) is 24.0. The number of hydrogen-bond donors (Lipinski definition) is 4. The second kappa shape index (κ2) is 16.0. The highest BCUT2D eigenvalue weighted by Crippen LogP contribution is 2.17. The summed E-state index contributed by atoms with van der Waals surface area (Å²) in [5.74, 6) is -0.411. The van der Waals surface area contributed by atoms with Crippen molar-refractivity contribution in [2.45, 2.75) is 58.5 Å². The maximum atomic E-state index is 13.3. The van der Waals surface area contributed by atoms with Gasteiger partial charge in [-0.05, 0) is 74.2 Å². The van der Waals surface area contributed by atoms with Gasteiger partial charge in [0.1, 0.15) is 11.6 Å². The van der Waals surface area contributed by atoms with Crippen molar-refractivity contribution in [3.8, 4) is 0 Å². The fourth-order valence-electron chi connectivity index (χ4n) is 4.25. The van der Waals surface area contributed by atoms with E-state index in [2.05, 4.69) is 35.1 Å². The van der Waals surface area contributed by atoms with Crippen molar-refractivity contribution in [3.05, 3.63) is 83.9 Å². The molecule has 0 radical (unpaired) electrons. The average molecular weight is 567 g/mol. The summed E-state index contributed by atoms with van der Waals surface area (Å²) in [5, 5.41) is 14.3. The first-order valence-electron chi connectivity index (χ1n) is 13.8. The third kappa shape index (κ3) is 10.3. The lowest BCUT2D eigenvalue weighted by Gasteiger charge is -2.28. The first-order valence-corrected chi connectivity index (χ1v) is 13.8. The molecule has 0 saturated heterocycles. The molecule has 3 aromatic carbocycles. The minimum Gasteiger partial charge on any atom is -0.354 e. The van der Waals surface area contributed by atoms with E-state index in [4.69, 9.17) is 0 Å². The van der Waals surface area contributed by atoms with Gasteiger partial charge in [0, 0.05) is 18.5 Å². The Labute approximate surface area is 244 Å². The molecule has 0 unspecified atom stereocenters. The van der Waals surface area contributed by atoms with Gasteiger partial charge in [0.05, 0.1) is 0 Å². The molecule has 0 fully saturated rings. The van der Waals surface area contributed by atoms with Crippen LogP contribution in [0.5, 0.6) is 0 Å². The summed E-state index contributed by atoms with van der Waals surface area (Å²) in [5.41, 5.74) is 0.182. The number of benzene rings is 3. The van der Waals surface area contributed by atoms with Gasteiger partial charge in [-0.1, -0.05) is 74.5 Å². The molecule has 8 heteroatoms. The van der Waals surface area contributed by atoms with Crippen molar-refractivity contribution < 1.29 is 14.4 Å². The van der Waals surface area contributed by atoms with Crippen LogP contribution in [0.1, 0.15) is 56.5 Å². The third-order valence-electron chi connectivity index (χ3n) is 6.54. The standard InChI is InChI=1S/C32H42N4O3.ClH/c1-23(2)22-33-18-10-11-19-34-30(38)28(21-24-16-17-25-12-8-9-15-27(25)20-24)35-31(39)32(3,4)36-29(37)26-13-6-5-7-14-26;/h5-9,12-17,20,23,28,33H,10-11,18-19,21-22H2,1-4H3,(H,34,38)(H,35,39)(H,36,37);1H/t28-;/m1./s1. The smallest absolute Gasteiger partial charge is 0.252 e. The molecule has 0 heterocycles. The van der Waals surface area contributed by atoms with E-state index in [0.717, 1.165) is 42.3 Å². The highest BCUT2D eigenvalue weighted by Gasteiger charge is 2.33. The van der Waals surface area contributed by atoms with E-state index in [0.29, 0.717) is 24.4 Å². The van der Waals surface area contributed by atoms with Gasteiger partial charge >= 0.3 is 0 Å². The molecule has 40 heavy (non-hydrogen) atoms. The van der Waals surface area contributed by atoms with E-state index in [1.54, 1.807) is 38.1 Å². The first kappa shape index (κ1) is 32.8. The molecule has 0 aliphatic rings. The molecular formula is C32H43ClN4O3. The zero-order valence-corrected chi connectivity index (χ0v) is 24.8. The number of carbonyl (C=O) groups excluding carboxylic acids is 3. The SMILES string of the molecule is CC(C)CNCCCCNC(=O)[C@@H](Cc1ccc2ccccc2c1)NC(=O)C(C)(C)NC(=O)c1ccccc1.Cl.